The molecule has 1 aliphatic rings. The zero-order valence-electron chi connectivity index (χ0n) is 13.6. The van der Waals surface area contributed by atoms with Crippen molar-refractivity contribution in [2.75, 3.05) is 18.8 Å². The van der Waals surface area contributed by atoms with E-state index in [0.717, 1.165) is 0 Å². The maximum atomic E-state index is 12.8. The molecule has 8 heteroatoms. The smallest absolute Gasteiger partial charge is 0.338 e. The molecule has 128 valence electrons. The van der Waals surface area contributed by atoms with Gasteiger partial charge in [-0.05, 0) is 32.4 Å². The van der Waals surface area contributed by atoms with E-state index in [-0.39, 0.29) is 16.5 Å². The predicted molar refractivity (Wildman–Crippen MR) is 90.2 cm³/mol. The lowest BCUT2D eigenvalue weighted by molar-refractivity contribution is 0.0764. The number of H-pyrrole nitrogens is 1. The van der Waals surface area contributed by atoms with Crippen LogP contribution in [0.2, 0.25) is 0 Å². The maximum absolute atomic E-state index is 12.8. The van der Waals surface area contributed by atoms with Crippen molar-refractivity contribution >= 4 is 16.7 Å². The van der Waals surface area contributed by atoms with Crippen molar-refractivity contribution in [3.63, 3.8) is 0 Å². The Balaban J connectivity index is 1.83. The minimum absolute atomic E-state index is 0.114. The summed E-state index contributed by atoms with van der Waals surface area (Å²) in [4.78, 5) is 28.0. The molecule has 1 saturated heterocycles. The number of aromatic amines is 1. The number of carbonyl (C=O) groups is 1. The van der Waals surface area contributed by atoms with Gasteiger partial charge in [0.2, 0.25) is 0 Å². The minimum Gasteiger partial charge on any atom is -0.338 e. The lowest BCUT2D eigenvalue weighted by Gasteiger charge is -2.22. The van der Waals surface area contributed by atoms with Crippen LogP contribution >= 0.6 is 0 Å². The van der Waals surface area contributed by atoms with Crippen molar-refractivity contribution in [3.05, 3.63) is 40.4 Å². The monoisotopic (exact) mass is 349 g/mol. The van der Waals surface area contributed by atoms with E-state index in [9.17, 15) is 13.8 Å². The second kappa shape index (κ2) is 6.35. The third-order valence-electron chi connectivity index (χ3n) is 4.26. The topological polar surface area (TPSA) is 96.3 Å². The van der Waals surface area contributed by atoms with Crippen molar-refractivity contribution in [1.82, 2.24) is 15.0 Å². The molecule has 1 N–H and O–H groups in total. The molecule has 3 rings (SSSR count). The Hall–Kier alpha value is -2.22. The highest BCUT2D eigenvalue weighted by atomic mass is 32.2. The molecule has 0 bridgehead atoms. The van der Waals surface area contributed by atoms with Crippen LogP contribution in [0.1, 0.15) is 30.6 Å². The first-order valence-electron chi connectivity index (χ1n) is 7.71. The summed E-state index contributed by atoms with van der Waals surface area (Å²) in [7, 11) is -0.949. The number of nitrogens with zero attached hydrogens (tertiary/aromatic N) is 2. The van der Waals surface area contributed by atoms with Crippen LogP contribution in [-0.2, 0) is 10.8 Å². The second-order valence-corrected chi connectivity index (χ2v) is 8.58. The van der Waals surface area contributed by atoms with E-state index in [1.807, 2.05) is 13.8 Å². The van der Waals surface area contributed by atoms with Gasteiger partial charge >= 0.3 is 5.76 Å². The van der Waals surface area contributed by atoms with Crippen LogP contribution < -0.4 is 5.76 Å². The van der Waals surface area contributed by atoms with Gasteiger partial charge in [0, 0.05) is 45.5 Å². The predicted octanol–water partition coefficient (Wildman–Crippen LogP) is 1.40. The molecule has 2 aromatic rings. The Morgan fingerprint density at radius 1 is 1.38 bits per heavy atom. The fourth-order valence-electron chi connectivity index (χ4n) is 2.64. The lowest BCUT2D eigenvalue weighted by Crippen LogP contribution is -2.33. The highest BCUT2D eigenvalue weighted by Gasteiger charge is 2.31. The maximum Gasteiger partial charge on any atom is 0.439 e. The summed E-state index contributed by atoms with van der Waals surface area (Å²) in [6.07, 6.45) is 0.696. The number of carbonyl (C=O) groups excluding carboxylic acids is 1. The third-order valence-corrected chi connectivity index (χ3v) is 6.25. The van der Waals surface area contributed by atoms with Crippen LogP contribution in [0.15, 0.2) is 33.6 Å². The van der Waals surface area contributed by atoms with Crippen molar-refractivity contribution < 1.29 is 13.5 Å². The summed E-state index contributed by atoms with van der Waals surface area (Å²) in [5.41, 5.74) is 1.10. The highest BCUT2D eigenvalue weighted by Crippen LogP contribution is 2.23. The molecule has 1 unspecified atom stereocenters. The van der Waals surface area contributed by atoms with Gasteiger partial charge in [-0.1, -0.05) is 17.3 Å². The number of benzene rings is 1. The molecular formula is C16H19N3O4S. The molecule has 1 aliphatic heterocycles. The summed E-state index contributed by atoms with van der Waals surface area (Å²) in [6.45, 7) is 4.99. The normalized spacial score (nSPS) is 20.6. The molecule has 0 saturated carbocycles. The van der Waals surface area contributed by atoms with Gasteiger partial charge in [-0.25, -0.2) is 4.79 Å². The van der Waals surface area contributed by atoms with E-state index >= 15 is 0 Å². The average molecular weight is 349 g/mol. The van der Waals surface area contributed by atoms with Crippen LogP contribution in [0.5, 0.6) is 0 Å². The van der Waals surface area contributed by atoms with E-state index in [2.05, 4.69) is 14.7 Å². The van der Waals surface area contributed by atoms with Gasteiger partial charge in [0.1, 0.15) is 0 Å². The molecule has 1 aromatic carbocycles. The van der Waals surface area contributed by atoms with Gasteiger partial charge in [0.05, 0.1) is 0 Å². The van der Waals surface area contributed by atoms with Crippen molar-refractivity contribution in [2.24, 2.45) is 0 Å². The van der Waals surface area contributed by atoms with Gasteiger partial charge in [-0.15, -0.1) is 0 Å². The summed E-state index contributed by atoms with van der Waals surface area (Å²) in [6, 6.07) is 6.86. The minimum atomic E-state index is -0.949. The number of hydrogen-bond acceptors (Lipinski definition) is 5. The number of aromatic nitrogens is 2. The van der Waals surface area contributed by atoms with Gasteiger partial charge in [-0.3, -0.25) is 18.5 Å². The molecule has 2 heterocycles. The summed E-state index contributed by atoms with van der Waals surface area (Å²) in [5, 5.41) is 3.63. The zero-order valence-corrected chi connectivity index (χ0v) is 14.4. The first-order valence-corrected chi connectivity index (χ1v) is 9.03. The number of nitrogens with one attached hydrogen (secondary N) is 1. The number of rotatable bonds is 2. The Morgan fingerprint density at radius 2 is 2.17 bits per heavy atom. The number of amides is 1. The summed E-state index contributed by atoms with van der Waals surface area (Å²) < 4.78 is 16.4. The first kappa shape index (κ1) is 16.6. The SMILES string of the molecule is CC1(C)CCN(C(=O)c2cccc(-c3noc(=O)[nH]3)c2)CCS1=O. The Labute approximate surface area is 141 Å². The molecule has 1 atom stereocenters. The van der Waals surface area contributed by atoms with E-state index in [4.69, 9.17) is 0 Å². The van der Waals surface area contributed by atoms with Gasteiger partial charge < -0.3 is 4.90 Å². The molecule has 0 aliphatic carbocycles. The molecular weight excluding hydrogens is 330 g/mol. The quantitative estimate of drug-likeness (QED) is 0.884. The standard InChI is InChI=1S/C16H19N3O4S/c1-16(2)6-7-19(8-9-24(16)22)14(20)12-5-3-4-11(10-12)13-17-15(21)23-18-13/h3-5,10H,6-9H2,1-2H3,(H,17,18,21). The van der Waals surface area contributed by atoms with Crippen molar-refractivity contribution in [3.8, 4) is 11.4 Å². The van der Waals surface area contributed by atoms with E-state index < -0.39 is 16.6 Å². The molecule has 7 nitrogen and oxygen atoms in total. The van der Waals surface area contributed by atoms with Crippen LogP contribution in [-0.4, -0.2) is 48.7 Å². The lowest BCUT2D eigenvalue weighted by atomic mass is 10.1. The second-order valence-electron chi connectivity index (χ2n) is 6.38. The Kier molecular flexibility index (Phi) is 4.40. The highest BCUT2D eigenvalue weighted by molar-refractivity contribution is 7.86. The Morgan fingerprint density at radius 3 is 2.88 bits per heavy atom. The van der Waals surface area contributed by atoms with Crippen LogP contribution in [0.4, 0.5) is 0 Å². The molecule has 1 fully saturated rings. The van der Waals surface area contributed by atoms with E-state index in [1.54, 1.807) is 29.2 Å². The summed E-state index contributed by atoms with van der Waals surface area (Å²) >= 11 is 0. The van der Waals surface area contributed by atoms with Gasteiger partial charge in [0.25, 0.3) is 5.91 Å². The average Bonchev–Trinajstić information content (AvgIpc) is 2.95. The fourth-order valence-corrected chi connectivity index (χ4v) is 3.90. The van der Waals surface area contributed by atoms with E-state index in [1.165, 1.54) is 0 Å². The van der Waals surface area contributed by atoms with Crippen molar-refractivity contribution in [1.29, 1.82) is 0 Å². The Bertz CT molecular complexity index is 840. The van der Waals surface area contributed by atoms with E-state index in [0.29, 0.717) is 36.4 Å². The molecule has 1 amide bonds. The molecule has 0 radical (unpaired) electrons. The first-order chi connectivity index (χ1) is 11.4. The van der Waals surface area contributed by atoms with Gasteiger partial charge in [-0.2, -0.15) is 0 Å². The van der Waals surface area contributed by atoms with Crippen LogP contribution in [0, 0.1) is 0 Å². The van der Waals surface area contributed by atoms with Crippen molar-refractivity contribution in [2.45, 2.75) is 25.0 Å². The van der Waals surface area contributed by atoms with Gasteiger partial charge in [0.15, 0.2) is 5.82 Å². The fraction of sp³-hybridized carbons (Fsp3) is 0.438. The van der Waals surface area contributed by atoms with Crippen LogP contribution in [0.3, 0.4) is 0 Å². The molecule has 1 aromatic heterocycles. The number of hydrogen-bond donors (Lipinski definition) is 1. The summed E-state index contributed by atoms with van der Waals surface area (Å²) in [5.74, 6) is 0.0128. The largest absolute Gasteiger partial charge is 0.439 e. The van der Waals surface area contributed by atoms with Crippen LogP contribution in [0.25, 0.3) is 11.4 Å². The third kappa shape index (κ3) is 3.33. The zero-order chi connectivity index (χ0) is 17.3. The molecule has 24 heavy (non-hydrogen) atoms. The molecule has 0 spiro atoms.